The number of unbranched alkanes of at least 4 members (excludes halogenated alkanes) is 3. The third-order valence-electron chi connectivity index (χ3n) is 3.40. The topological polar surface area (TPSA) is 12.0 Å². The van der Waals surface area contributed by atoms with Gasteiger partial charge in [-0.3, -0.25) is 0 Å². The molecular weight excluding hydrogens is 265 g/mol. The first-order valence-electron chi connectivity index (χ1n) is 6.93. The van der Waals surface area contributed by atoms with Crippen LogP contribution in [0.2, 0.25) is 10.0 Å². The Kier molecular flexibility index (Phi) is 5.81. The molecule has 0 spiro atoms. The number of benzene rings is 1. The van der Waals surface area contributed by atoms with Crippen LogP contribution >= 0.6 is 23.2 Å². The molecule has 0 saturated heterocycles. The predicted octanol–water partition coefficient (Wildman–Crippen LogP) is 4.85. The summed E-state index contributed by atoms with van der Waals surface area (Å²) < 4.78 is 0. The monoisotopic (exact) mass is 285 g/mol. The van der Waals surface area contributed by atoms with Crippen molar-refractivity contribution in [2.24, 2.45) is 0 Å². The van der Waals surface area contributed by atoms with Crippen molar-refractivity contribution in [3.05, 3.63) is 33.8 Å². The van der Waals surface area contributed by atoms with Gasteiger partial charge in [-0.05, 0) is 56.3 Å². The first-order valence-corrected chi connectivity index (χ1v) is 7.68. The highest BCUT2D eigenvalue weighted by Gasteiger charge is 2.19. The fourth-order valence-electron chi connectivity index (χ4n) is 2.11. The van der Waals surface area contributed by atoms with E-state index in [1.807, 2.05) is 18.2 Å². The van der Waals surface area contributed by atoms with Gasteiger partial charge in [0.05, 0.1) is 0 Å². The summed E-state index contributed by atoms with van der Waals surface area (Å²) in [4.78, 5) is 0. The van der Waals surface area contributed by atoms with Crippen LogP contribution in [0.4, 0.5) is 0 Å². The maximum Gasteiger partial charge on any atom is 0.0452 e. The average molecular weight is 286 g/mol. The Morgan fingerprint density at radius 1 is 1.06 bits per heavy atom. The van der Waals surface area contributed by atoms with Crippen molar-refractivity contribution in [1.82, 2.24) is 5.32 Å². The van der Waals surface area contributed by atoms with E-state index in [9.17, 15) is 0 Å². The second-order valence-corrected chi connectivity index (χ2v) is 5.97. The van der Waals surface area contributed by atoms with Crippen molar-refractivity contribution in [3.8, 4) is 0 Å². The maximum absolute atomic E-state index is 6.14. The van der Waals surface area contributed by atoms with Gasteiger partial charge >= 0.3 is 0 Å². The van der Waals surface area contributed by atoms with Crippen molar-refractivity contribution < 1.29 is 0 Å². The van der Waals surface area contributed by atoms with Gasteiger partial charge in [0.1, 0.15) is 0 Å². The summed E-state index contributed by atoms with van der Waals surface area (Å²) in [5, 5.41) is 5.07. The fraction of sp³-hybridized carbons (Fsp3) is 0.600. The molecule has 3 heteroatoms. The van der Waals surface area contributed by atoms with E-state index in [2.05, 4.69) is 5.32 Å². The summed E-state index contributed by atoms with van der Waals surface area (Å²) in [6.45, 7) is 1.19. The highest BCUT2D eigenvalue weighted by molar-refractivity contribution is 6.35. The van der Waals surface area contributed by atoms with E-state index in [0.29, 0.717) is 0 Å². The van der Waals surface area contributed by atoms with E-state index in [1.54, 1.807) is 0 Å². The number of rotatable bonds is 8. The fourth-order valence-corrected chi connectivity index (χ4v) is 2.62. The Bertz CT molecular complexity index is 375. The minimum atomic E-state index is 0.718. The van der Waals surface area contributed by atoms with Crippen LogP contribution in [0.5, 0.6) is 0 Å². The number of hydrogen-bond donors (Lipinski definition) is 1. The minimum absolute atomic E-state index is 0.718. The second kappa shape index (κ2) is 7.37. The normalized spacial score (nSPS) is 15.0. The molecule has 0 bridgehead atoms. The molecule has 0 amide bonds. The van der Waals surface area contributed by atoms with Gasteiger partial charge in [-0.1, -0.05) is 42.1 Å². The third-order valence-corrected chi connectivity index (χ3v) is 3.99. The van der Waals surface area contributed by atoms with E-state index in [1.165, 1.54) is 50.6 Å². The van der Waals surface area contributed by atoms with Crippen LogP contribution in [0, 0.1) is 0 Å². The van der Waals surface area contributed by atoms with Gasteiger partial charge in [0.15, 0.2) is 0 Å². The molecular formula is C15H21Cl2N. The van der Waals surface area contributed by atoms with Gasteiger partial charge in [-0.25, -0.2) is 0 Å². The summed E-state index contributed by atoms with van der Waals surface area (Å²) in [5.74, 6) is 0. The van der Waals surface area contributed by atoms with Crippen molar-refractivity contribution >= 4 is 23.2 Å². The molecule has 1 saturated carbocycles. The Hall–Kier alpha value is -0.240. The summed E-state index contributed by atoms with van der Waals surface area (Å²) in [7, 11) is 0. The van der Waals surface area contributed by atoms with Crippen LogP contribution in [-0.4, -0.2) is 12.6 Å². The Morgan fingerprint density at radius 3 is 2.56 bits per heavy atom. The van der Waals surface area contributed by atoms with E-state index in [-0.39, 0.29) is 0 Å². The molecule has 1 aromatic rings. The van der Waals surface area contributed by atoms with E-state index < -0.39 is 0 Å². The molecule has 1 aliphatic carbocycles. The predicted molar refractivity (Wildman–Crippen MR) is 79.7 cm³/mol. The van der Waals surface area contributed by atoms with Gasteiger partial charge in [0.25, 0.3) is 0 Å². The van der Waals surface area contributed by atoms with Crippen LogP contribution in [0.25, 0.3) is 0 Å². The lowest BCUT2D eigenvalue weighted by Gasteiger charge is -2.05. The molecule has 0 atom stereocenters. The summed E-state index contributed by atoms with van der Waals surface area (Å²) in [5.41, 5.74) is 1.22. The van der Waals surface area contributed by atoms with Crippen molar-refractivity contribution in [1.29, 1.82) is 0 Å². The molecule has 2 rings (SSSR count). The van der Waals surface area contributed by atoms with Gasteiger partial charge in [-0.15, -0.1) is 0 Å². The Labute approximate surface area is 120 Å². The molecule has 0 heterocycles. The van der Waals surface area contributed by atoms with E-state index in [4.69, 9.17) is 23.2 Å². The molecule has 1 aromatic carbocycles. The lowest BCUT2D eigenvalue weighted by atomic mass is 10.1. The molecule has 1 N–H and O–H groups in total. The van der Waals surface area contributed by atoms with Gasteiger partial charge in [-0.2, -0.15) is 0 Å². The number of aryl methyl sites for hydroxylation is 1. The molecule has 100 valence electrons. The summed E-state index contributed by atoms with van der Waals surface area (Å²) in [6, 6.07) is 6.64. The van der Waals surface area contributed by atoms with Gasteiger partial charge in [0, 0.05) is 16.1 Å². The number of halogens is 2. The zero-order valence-electron chi connectivity index (χ0n) is 10.7. The van der Waals surface area contributed by atoms with Crippen LogP contribution in [0.3, 0.4) is 0 Å². The van der Waals surface area contributed by atoms with Crippen molar-refractivity contribution in [2.75, 3.05) is 6.54 Å². The van der Waals surface area contributed by atoms with Gasteiger partial charge < -0.3 is 5.32 Å². The lowest BCUT2D eigenvalue weighted by Crippen LogP contribution is -2.17. The van der Waals surface area contributed by atoms with Crippen molar-refractivity contribution in [2.45, 2.75) is 51.0 Å². The molecule has 18 heavy (non-hydrogen) atoms. The first kappa shape index (κ1) is 14.2. The van der Waals surface area contributed by atoms with E-state index >= 15 is 0 Å². The number of hydrogen-bond acceptors (Lipinski definition) is 1. The summed E-state index contributed by atoms with van der Waals surface area (Å²) >= 11 is 12.0. The molecule has 0 radical (unpaired) electrons. The smallest absolute Gasteiger partial charge is 0.0452 e. The minimum Gasteiger partial charge on any atom is -0.314 e. The Balaban J connectivity index is 1.53. The highest BCUT2D eigenvalue weighted by atomic mass is 35.5. The molecule has 1 fully saturated rings. The van der Waals surface area contributed by atoms with Crippen molar-refractivity contribution in [3.63, 3.8) is 0 Å². The van der Waals surface area contributed by atoms with Gasteiger partial charge in [0.2, 0.25) is 0 Å². The van der Waals surface area contributed by atoms with E-state index in [0.717, 1.165) is 22.5 Å². The zero-order chi connectivity index (χ0) is 12.8. The summed E-state index contributed by atoms with van der Waals surface area (Å²) in [6.07, 6.45) is 8.93. The zero-order valence-corrected chi connectivity index (χ0v) is 12.2. The molecule has 0 aromatic heterocycles. The highest BCUT2D eigenvalue weighted by Crippen LogP contribution is 2.22. The number of nitrogens with one attached hydrogen (secondary N) is 1. The largest absolute Gasteiger partial charge is 0.314 e. The molecule has 1 aliphatic rings. The molecule has 0 aliphatic heterocycles. The molecule has 1 nitrogen and oxygen atoms in total. The third kappa shape index (κ3) is 5.17. The quantitative estimate of drug-likeness (QED) is 0.674. The lowest BCUT2D eigenvalue weighted by molar-refractivity contribution is 0.585. The average Bonchev–Trinajstić information content (AvgIpc) is 3.14. The second-order valence-electron chi connectivity index (χ2n) is 5.13. The van der Waals surface area contributed by atoms with Crippen LogP contribution in [0.15, 0.2) is 18.2 Å². The van der Waals surface area contributed by atoms with Crippen LogP contribution in [-0.2, 0) is 6.42 Å². The standard InChI is InChI=1S/C15H21Cl2N/c16-13-7-6-12(15(17)11-13)5-3-1-2-4-10-18-14-8-9-14/h6-7,11,14,18H,1-5,8-10H2. The van der Waals surface area contributed by atoms with Crippen LogP contribution in [0.1, 0.15) is 44.1 Å². The molecule has 0 unspecified atom stereocenters. The maximum atomic E-state index is 6.14. The SMILES string of the molecule is Clc1ccc(CCCCCCNC2CC2)c(Cl)c1. The Morgan fingerprint density at radius 2 is 1.83 bits per heavy atom. The first-order chi connectivity index (χ1) is 8.75. The van der Waals surface area contributed by atoms with Crippen LogP contribution < -0.4 is 5.32 Å².